The molecule has 740 valence electrons. The third-order valence-corrected chi connectivity index (χ3v) is 891. The molecule has 0 aromatic carbocycles. The van der Waals surface area contributed by atoms with E-state index in [0.29, 0.717) is 0 Å². The van der Waals surface area contributed by atoms with Crippen LogP contribution in [0.2, 0.25) is 0 Å². The van der Waals surface area contributed by atoms with E-state index in [9.17, 15) is 0 Å². The second-order valence-electron chi connectivity index (χ2n) is 19.7. The van der Waals surface area contributed by atoms with Crippen molar-refractivity contribution in [3.05, 3.63) is 0 Å². The molecule has 0 aromatic rings. The Morgan fingerprint density at radius 3 is 0.179 bits per heavy atom. The summed E-state index contributed by atoms with van der Waals surface area (Å²) in [5.41, 5.74) is 0. The molecule has 0 fully saturated rings. The standard InChI is InChI=1S/H125P123/c1-63-94(62)110(95(64(2)3)65(4)5)118(111(96(66(6)7)67(8)9)97(68(10)11)69(12)13)122(119(112(98(70(14)15)71(16)17)99(72(18)19)73(20)21)113(100(74(22)23)75(24)25)101(76(26)27)77(28)29)123(120(114(102(78(30)31)79(32)33)103(80(34)35)81(36)37)115(104(82(38)39)83(40)41)105(84(42)43)85(44)45)121(116(106(86(46)47)87(48)49)107(88(50)51)89(52)53)117(108(90(54)55)91(56)57)109(92(58)59)93(60)61/h63H,1-62H2. The van der Waals surface area contributed by atoms with Crippen LogP contribution >= 0.6 is 981 Å². The Hall–Kier alpha value is 52.9. The predicted octanol–water partition coefficient (Wildman–Crippen LogP) is 72.5. The zero-order valence-corrected chi connectivity index (χ0v) is 189. The van der Waals surface area contributed by atoms with Crippen molar-refractivity contribution in [3.63, 3.8) is 0 Å². The molecule has 123 heteroatoms. The van der Waals surface area contributed by atoms with Crippen LogP contribution in [-0.2, 0) is 0 Å². The van der Waals surface area contributed by atoms with Crippen molar-refractivity contribution < 1.29 is 0 Å². The topological polar surface area (TPSA) is 0 Å². The maximum atomic E-state index is 4.21. The van der Waals surface area contributed by atoms with Crippen LogP contribution in [-0.4, -0.2) is 0 Å². The minimum atomic E-state index is -0.834. The molecule has 0 saturated carbocycles. The lowest BCUT2D eigenvalue weighted by atomic mass is 28.3. The average Bonchev–Trinajstić information content (AvgIpc) is 0.700. The highest BCUT2D eigenvalue weighted by Crippen LogP contribution is 3.57. The molecule has 0 rings (SSSR count). The van der Waals surface area contributed by atoms with Crippen molar-refractivity contribution in [2.24, 2.45) is 0 Å². The van der Waals surface area contributed by atoms with Crippen LogP contribution < -0.4 is 0 Å². The first-order chi connectivity index (χ1) is 56.0. The van der Waals surface area contributed by atoms with E-state index in [4.69, 9.17) is 0 Å². The molecule has 0 aliphatic rings. The van der Waals surface area contributed by atoms with Crippen LogP contribution in [0.4, 0.5) is 0 Å². The van der Waals surface area contributed by atoms with Gasteiger partial charge in [-0.1, -0.05) is 7.96 Å². The third kappa shape index (κ3) is 61.8. The van der Waals surface area contributed by atoms with Gasteiger partial charge in [-0.25, -0.2) is 0 Å². The fourth-order valence-corrected chi connectivity index (χ4v) is 1860. The van der Waals surface area contributed by atoms with Gasteiger partial charge in [-0.15, -0.1) is 554 Å². The third-order valence-electron chi connectivity index (χ3n) is 11.0. The van der Waals surface area contributed by atoms with Gasteiger partial charge in [0.1, 0.15) is 0 Å². The van der Waals surface area contributed by atoms with Crippen LogP contribution in [0, 0.1) is 0 Å². The molecule has 0 spiro atoms. The van der Waals surface area contributed by atoms with Crippen molar-refractivity contribution in [3.8, 4) is 0 Å². The molecule has 0 heterocycles. The summed E-state index contributed by atoms with van der Waals surface area (Å²) in [5, 5.41) is 0. The Morgan fingerprint density at radius 2 is 0.122 bits per heavy atom. The van der Waals surface area contributed by atoms with Gasteiger partial charge in [0.25, 0.3) is 0 Å². The summed E-state index contributed by atoms with van der Waals surface area (Å²) in [6, 6.07) is 0. The molecule has 0 aliphatic carbocycles. The smallest absolute Gasteiger partial charge is 0.000000168 e. The monoisotopic (exact) mass is 3940 g/mol. The van der Waals surface area contributed by atoms with Crippen molar-refractivity contribution in [1.82, 2.24) is 0 Å². The Balaban J connectivity index is 16.9. The number of hydrogen-bond donors (Lipinski definition) is 0. The predicted molar refractivity (Wildman–Crippen MR) is 1030 cm³/mol. The first kappa shape index (κ1) is 176. The van der Waals surface area contributed by atoms with E-state index in [2.05, 4.69) is 554 Å². The Labute approximate surface area is 964 Å². The molecular formula is H125P123. The van der Waals surface area contributed by atoms with Crippen LogP contribution in [0.1, 0.15) is 0 Å². The van der Waals surface area contributed by atoms with Crippen LogP contribution in [0.5, 0.6) is 0 Å². The van der Waals surface area contributed by atoms with Crippen molar-refractivity contribution in [1.29, 1.82) is 0 Å². The first-order valence-corrected chi connectivity index (χ1v) is 253. The normalized spacial score (nSPS) is 15.8. The number of hydrogen-bond acceptors (Lipinski definition) is 0. The van der Waals surface area contributed by atoms with Gasteiger partial charge in [-0.3, -0.25) is 0 Å². The highest BCUT2D eigenvalue weighted by Gasteiger charge is 2.70. The summed E-state index contributed by atoms with van der Waals surface area (Å²) in [4.78, 5) is 0. The minimum Gasteiger partial charge on any atom is -0.109 e. The van der Waals surface area contributed by atoms with E-state index in [0.717, 1.165) is 7.96 Å². The largest absolute Gasteiger partial charge is 0.109 e. The van der Waals surface area contributed by atoms with Gasteiger partial charge in [0, 0.05) is 0 Å². The van der Waals surface area contributed by atoms with Gasteiger partial charge in [-0.2, -0.15) is 0 Å². The molecule has 0 amide bonds. The van der Waals surface area contributed by atoms with E-state index in [1.165, 1.54) is 0 Å². The summed E-state index contributed by atoms with van der Waals surface area (Å²) in [6.07, 6.45) is 0. The Bertz CT molecular complexity index is 2170. The molecule has 0 nitrogen and oxygen atoms in total. The van der Waals surface area contributed by atoms with E-state index in [1.54, 1.807) is 0 Å². The zero-order chi connectivity index (χ0) is 97.3. The van der Waals surface area contributed by atoms with Crippen LogP contribution in [0.15, 0.2) is 0 Å². The molecule has 67 unspecified atom stereocenters. The summed E-state index contributed by atoms with van der Waals surface area (Å²) >= 11 is 0. The van der Waals surface area contributed by atoms with Gasteiger partial charge in [-0.05, 0) is 419 Å². The molecule has 0 aromatic heterocycles. The quantitative estimate of drug-likeness (QED) is 0.0533. The zero-order valence-electron chi connectivity index (χ0n) is 63.1. The maximum Gasteiger partial charge on any atom is -0.000000168 e. The highest BCUT2D eigenvalue weighted by molar-refractivity contribution is 9.63. The van der Waals surface area contributed by atoms with Gasteiger partial charge >= 0.3 is 0 Å². The second kappa shape index (κ2) is 96.7. The lowest BCUT2D eigenvalue weighted by molar-refractivity contribution is 4.28. The van der Waals surface area contributed by atoms with Gasteiger partial charge in [0.15, 0.2) is 0 Å². The maximum absolute atomic E-state index is 4.21. The van der Waals surface area contributed by atoms with Crippen LogP contribution in [0.25, 0.3) is 0 Å². The lowest BCUT2D eigenvalue weighted by Crippen LogP contribution is -1.78. The van der Waals surface area contributed by atoms with Crippen molar-refractivity contribution in [2.45, 2.75) is 0 Å². The molecule has 0 saturated heterocycles. The summed E-state index contributed by atoms with van der Waals surface area (Å²) in [5.74, 6) is 0. The SMILES string of the molecule is PPP(P)P(P(P(P)P)P(P)P)P(P(P(P(P)P)P(P)P)P(P(P)P)P(P)P)P(P(P(P(P(P)P)P(P)P)P(P(P)P)P(P)P)P(P(P(P)P)P(P)P)P(P(P)P)P(P)P)P(P(P(P(P(P)P)P(P)P)P(P(P)P)P(P)P)P(P(P(P)P)P(P)P)P(P(P)P)P(P)P)P(P(P(P(P)P)P(P)P)P(P(P)P)P(P)P)P(P(P(P)P)P(P)P)P(P(P)P)P(P)P. The molecule has 0 bridgehead atoms. The highest BCUT2D eigenvalue weighted by atomic mass is 33.7. The molecule has 67 atom stereocenters. The van der Waals surface area contributed by atoms with Gasteiger partial charge in [0.05, 0.1) is 0 Å². The van der Waals surface area contributed by atoms with Gasteiger partial charge in [0.2, 0.25) is 0 Å². The second-order valence-corrected chi connectivity index (χ2v) is 531. The molecule has 0 N–H and O–H groups in total. The average molecular weight is 3940 g/mol. The molecule has 123 heavy (non-hydrogen) atoms. The van der Waals surface area contributed by atoms with Gasteiger partial charge < -0.3 is 0 Å². The summed E-state index contributed by atoms with van der Waals surface area (Å²) < 4.78 is 0. The van der Waals surface area contributed by atoms with Crippen LogP contribution in [0.3, 0.4) is 0 Å². The van der Waals surface area contributed by atoms with E-state index in [-0.39, 0.29) is 0 Å². The minimum absolute atomic E-state index is 0.492. The first-order valence-electron chi connectivity index (χ1n) is 28.1. The number of rotatable bonds is 60. The lowest BCUT2D eigenvalue weighted by Gasteiger charge is -2.65. The Morgan fingerprint density at radius 1 is 0.0732 bits per heavy atom. The van der Waals surface area contributed by atoms with E-state index >= 15 is 0 Å². The fourth-order valence-electron chi connectivity index (χ4n) is 7.65. The Kier molecular flexibility index (Phi) is 138. The molecule has 0 radical (unpaired) electrons. The summed E-state index contributed by atoms with van der Waals surface area (Å²) in [7, 11) is 244. The summed E-state index contributed by atoms with van der Waals surface area (Å²) in [6.45, 7) is -33.6. The van der Waals surface area contributed by atoms with E-state index < -0.39 is 419 Å². The van der Waals surface area contributed by atoms with E-state index in [1.807, 2.05) is 0 Å². The van der Waals surface area contributed by atoms with Crippen molar-refractivity contribution >= 4 is 981 Å². The molecular weight excluding hydrogens is 3810 g/mol. The fraction of sp³-hybridized carbons (Fsp3) is 0. The van der Waals surface area contributed by atoms with Crippen molar-refractivity contribution in [2.75, 3.05) is 0 Å². The molecule has 0 aliphatic heterocycles.